The van der Waals surface area contributed by atoms with Crippen molar-refractivity contribution in [1.29, 1.82) is 0 Å². The molecule has 2 aromatic rings. The van der Waals surface area contributed by atoms with Crippen LogP contribution in [0, 0.1) is 12.7 Å². The van der Waals surface area contributed by atoms with Crippen LogP contribution in [0.5, 0.6) is 0 Å². The molecule has 1 fully saturated rings. The number of halogens is 2. The summed E-state index contributed by atoms with van der Waals surface area (Å²) in [6.45, 7) is 1.82. The average Bonchev–Trinajstić information content (AvgIpc) is 2.80. The van der Waals surface area contributed by atoms with Gasteiger partial charge in [0.1, 0.15) is 5.82 Å². The highest BCUT2D eigenvalue weighted by Gasteiger charge is 2.13. The molecule has 1 aliphatic rings. The third kappa shape index (κ3) is 5.91. The van der Waals surface area contributed by atoms with E-state index < -0.39 is 5.82 Å². The number of hydrogen-bond donors (Lipinski definition) is 1. The summed E-state index contributed by atoms with van der Waals surface area (Å²) in [6, 6.07) is 5.20. The molecule has 27 heavy (non-hydrogen) atoms. The van der Waals surface area contributed by atoms with Crippen LogP contribution in [0.25, 0.3) is 0 Å². The molecule has 0 atom stereocenters. The predicted octanol–water partition coefficient (Wildman–Crippen LogP) is 4.76. The van der Waals surface area contributed by atoms with Gasteiger partial charge in [0.25, 0.3) is 0 Å². The molecule has 0 unspecified atom stereocenters. The van der Waals surface area contributed by atoms with Gasteiger partial charge in [-0.1, -0.05) is 31.7 Å². The summed E-state index contributed by atoms with van der Waals surface area (Å²) in [5, 5.41) is 4.63. The molecule has 1 heterocycles. The number of benzene rings is 1. The summed E-state index contributed by atoms with van der Waals surface area (Å²) in [7, 11) is 1.95. The minimum atomic E-state index is -0.405. The molecular weight excluding hydrogens is 385 g/mol. The lowest BCUT2D eigenvalue weighted by Crippen LogP contribution is -2.21. The van der Waals surface area contributed by atoms with Gasteiger partial charge in [0.2, 0.25) is 5.91 Å². The number of hydrogen-bond acceptors (Lipinski definition) is 3. The molecule has 7 heteroatoms. The highest BCUT2D eigenvalue weighted by molar-refractivity contribution is 7.07. The molecule has 1 aromatic carbocycles. The Balaban J connectivity index is 0.00000261. The molecular formula is C20H27ClFN3OS. The van der Waals surface area contributed by atoms with Crippen molar-refractivity contribution in [1.82, 2.24) is 4.57 Å². The van der Waals surface area contributed by atoms with Crippen molar-refractivity contribution < 1.29 is 9.18 Å². The molecule has 0 aliphatic heterocycles. The second kappa shape index (κ2) is 10.0. The van der Waals surface area contributed by atoms with E-state index in [9.17, 15) is 9.18 Å². The van der Waals surface area contributed by atoms with Crippen LogP contribution in [0.2, 0.25) is 0 Å². The van der Waals surface area contributed by atoms with Crippen molar-refractivity contribution in [3.05, 3.63) is 45.5 Å². The number of aryl methyl sites for hydroxylation is 1. The first-order chi connectivity index (χ1) is 12.5. The van der Waals surface area contributed by atoms with E-state index in [0.717, 1.165) is 28.9 Å². The molecule has 148 valence electrons. The number of carbonyl (C=O) groups is 1. The van der Waals surface area contributed by atoms with Gasteiger partial charge in [-0.2, -0.15) is 0 Å². The fraction of sp³-hybridized carbons (Fsp3) is 0.500. The SMILES string of the molecule is Cc1ccc(NC(=O)Cc2csc(=NC3CCCCCC3)n2C)c(F)c1.Cl. The Morgan fingerprint density at radius 1 is 1.30 bits per heavy atom. The van der Waals surface area contributed by atoms with E-state index in [2.05, 4.69) is 5.32 Å². The Bertz CT molecular complexity index is 838. The van der Waals surface area contributed by atoms with Crippen molar-refractivity contribution in [2.75, 3.05) is 5.32 Å². The first-order valence-corrected chi connectivity index (χ1v) is 10.1. The van der Waals surface area contributed by atoms with Crippen LogP contribution in [0.15, 0.2) is 28.6 Å². The zero-order valence-electron chi connectivity index (χ0n) is 15.8. The third-order valence-electron chi connectivity index (χ3n) is 4.88. The van der Waals surface area contributed by atoms with Crippen molar-refractivity contribution in [2.24, 2.45) is 12.0 Å². The fourth-order valence-electron chi connectivity index (χ4n) is 3.30. The molecule has 1 amide bonds. The minimum Gasteiger partial charge on any atom is -0.324 e. The maximum Gasteiger partial charge on any atom is 0.230 e. The molecule has 3 rings (SSSR count). The lowest BCUT2D eigenvalue weighted by Gasteiger charge is -2.09. The van der Waals surface area contributed by atoms with Crippen molar-refractivity contribution >= 4 is 35.3 Å². The molecule has 0 spiro atoms. The van der Waals surface area contributed by atoms with Crippen molar-refractivity contribution in [3.63, 3.8) is 0 Å². The third-order valence-corrected chi connectivity index (χ3v) is 5.86. The van der Waals surface area contributed by atoms with Crippen LogP contribution in [0.4, 0.5) is 10.1 Å². The minimum absolute atomic E-state index is 0. The van der Waals surface area contributed by atoms with Crippen LogP contribution in [-0.4, -0.2) is 16.5 Å². The van der Waals surface area contributed by atoms with E-state index >= 15 is 0 Å². The first kappa shape index (κ1) is 21.6. The number of rotatable bonds is 4. The summed E-state index contributed by atoms with van der Waals surface area (Å²) in [5.74, 6) is -0.626. The number of anilines is 1. The number of nitrogens with one attached hydrogen (secondary N) is 1. The molecule has 0 bridgehead atoms. The zero-order chi connectivity index (χ0) is 18.5. The summed E-state index contributed by atoms with van der Waals surface area (Å²) in [4.78, 5) is 18.2. The van der Waals surface area contributed by atoms with Crippen LogP contribution < -0.4 is 10.1 Å². The van der Waals surface area contributed by atoms with Gasteiger partial charge in [-0.15, -0.1) is 23.7 Å². The molecule has 1 saturated carbocycles. The van der Waals surface area contributed by atoms with Crippen LogP contribution in [-0.2, 0) is 18.3 Å². The lowest BCUT2D eigenvalue weighted by molar-refractivity contribution is -0.115. The topological polar surface area (TPSA) is 46.4 Å². The van der Waals surface area contributed by atoms with Gasteiger partial charge in [-0.05, 0) is 37.5 Å². The standard InChI is InChI=1S/C20H26FN3OS.ClH/c1-14-9-10-18(17(21)11-14)23-19(25)12-16-13-26-20(24(16)2)22-15-7-5-3-4-6-8-15;/h9-11,13,15H,3-8,12H2,1-2H3,(H,23,25);1H. The van der Waals surface area contributed by atoms with Gasteiger partial charge < -0.3 is 9.88 Å². The summed E-state index contributed by atoms with van der Waals surface area (Å²) in [6.07, 6.45) is 7.63. The zero-order valence-corrected chi connectivity index (χ0v) is 17.5. The Hall–Kier alpha value is -1.66. The number of aromatic nitrogens is 1. The molecule has 1 aliphatic carbocycles. The Morgan fingerprint density at radius 2 is 2.00 bits per heavy atom. The lowest BCUT2D eigenvalue weighted by atomic mass is 10.1. The number of amides is 1. The first-order valence-electron chi connectivity index (χ1n) is 9.26. The van der Waals surface area contributed by atoms with Gasteiger partial charge in [-0.3, -0.25) is 9.79 Å². The number of thiazole rings is 1. The van der Waals surface area contributed by atoms with Crippen molar-refractivity contribution in [3.8, 4) is 0 Å². The van der Waals surface area contributed by atoms with Crippen LogP contribution in [0.3, 0.4) is 0 Å². The van der Waals surface area contributed by atoms with Gasteiger partial charge in [0.15, 0.2) is 4.80 Å². The normalized spacial score (nSPS) is 15.9. The molecule has 1 aromatic heterocycles. The molecule has 0 saturated heterocycles. The number of nitrogens with zero attached hydrogens (tertiary/aromatic N) is 2. The summed E-state index contributed by atoms with van der Waals surface area (Å²) >= 11 is 1.57. The second-order valence-electron chi connectivity index (χ2n) is 7.05. The smallest absolute Gasteiger partial charge is 0.230 e. The highest BCUT2D eigenvalue weighted by Crippen LogP contribution is 2.20. The maximum absolute atomic E-state index is 13.9. The Morgan fingerprint density at radius 3 is 2.67 bits per heavy atom. The van der Waals surface area contributed by atoms with E-state index in [1.54, 1.807) is 23.5 Å². The van der Waals surface area contributed by atoms with Gasteiger partial charge in [0.05, 0.1) is 18.2 Å². The summed E-state index contributed by atoms with van der Waals surface area (Å²) < 4.78 is 15.9. The Labute approximate surface area is 169 Å². The monoisotopic (exact) mass is 411 g/mol. The largest absolute Gasteiger partial charge is 0.324 e. The predicted molar refractivity (Wildman–Crippen MR) is 111 cm³/mol. The van der Waals surface area contributed by atoms with Gasteiger partial charge >= 0.3 is 0 Å². The second-order valence-corrected chi connectivity index (χ2v) is 7.89. The maximum atomic E-state index is 13.9. The van der Waals surface area contributed by atoms with Crippen LogP contribution >= 0.6 is 23.7 Å². The van der Waals surface area contributed by atoms with E-state index in [4.69, 9.17) is 4.99 Å². The van der Waals surface area contributed by atoms with E-state index in [1.165, 1.54) is 31.7 Å². The highest BCUT2D eigenvalue weighted by atomic mass is 35.5. The van der Waals surface area contributed by atoms with E-state index in [1.807, 2.05) is 23.9 Å². The van der Waals surface area contributed by atoms with E-state index in [0.29, 0.717) is 6.04 Å². The van der Waals surface area contributed by atoms with Crippen molar-refractivity contribution in [2.45, 2.75) is 57.9 Å². The average molecular weight is 412 g/mol. The Kier molecular flexibility index (Phi) is 8.05. The summed E-state index contributed by atoms with van der Waals surface area (Å²) in [5.41, 5.74) is 1.95. The molecule has 4 nitrogen and oxygen atoms in total. The van der Waals surface area contributed by atoms with Gasteiger partial charge in [0, 0.05) is 18.1 Å². The molecule has 1 N–H and O–H groups in total. The van der Waals surface area contributed by atoms with Crippen LogP contribution in [0.1, 0.15) is 49.8 Å². The number of carbonyl (C=O) groups excluding carboxylic acids is 1. The quantitative estimate of drug-likeness (QED) is 0.724. The van der Waals surface area contributed by atoms with Gasteiger partial charge in [-0.25, -0.2) is 4.39 Å². The fourth-order valence-corrected chi connectivity index (χ4v) is 4.27. The van der Waals surface area contributed by atoms with E-state index in [-0.39, 0.29) is 30.4 Å². The molecule has 0 radical (unpaired) electrons.